The number of methoxy groups -OCH3 is 1. The molecule has 0 bridgehead atoms. The Balaban J connectivity index is 1.37. The van der Waals surface area contributed by atoms with Crippen LogP contribution in [0.2, 0.25) is 5.02 Å². The summed E-state index contributed by atoms with van der Waals surface area (Å²) in [5, 5.41) is 13.6. The molecule has 1 unspecified atom stereocenters. The van der Waals surface area contributed by atoms with E-state index < -0.39 is 23.3 Å². The maximum Gasteiger partial charge on any atom is 0.410 e. The largest absolute Gasteiger partial charge is 0.488 e. The fourth-order valence-corrected chi connectivity index (χ4v) is 5.17. The molecule has 1 saturated heterocycles. The molecule has 1 amide bonds. The van der Waals surface area contributed by atoms with Gasteiger partial charge in [0, 0.05) is 38.0 Å². The Bertz CT molecular complexity index is 1600. The molecule has 0 aliphatic carbocycles. The van der Waals surface area contributed by atoms with Gasteiger partial charge in [-0.25, -0.2) is 22.8 Å². The zero-order valence-electron chi connectivity index (χ0n) is 24.0. The number of carbonyl (C=O) groups is 1. The van der Waals surface area contributed by atoms with Crippen LogP contribution < -0.4 is 4.74 Å². The van der Waals surface area contributed by atoms with Gasteiger partial charge >= 0.3 is 6.09 Å². The first kappa shape index (κ1) is 29.6. The maximum atomic E-state index is 14.4. The summed E-state index contributed by atoms with van der Waals surface area (Å²) in [6.07, 6.45) is 4.37. The zero-order chi connectivity index (χ0) is 30.2. The molecule has 0 saturated carbocycles. The van der Waals surface area contributed by atoms with E-state index in [4.69, 9.17) is 25.8 Å². The van der Waals surface area contributed by atoms with Crippen LogP contribution in [0.4, 0.5) is 13.6 Å². The van der Waals surface area contributed by atoms with Gasteiger partial charge in [0.2, 0.25) is 0 Å². The minimum absolute atomic E-state index is 0.0594. The standard InChI is InChI=1S/C28H32ClF2N7O4/c1-16-24(34-35-38(16)19-6-8-36(9-7-19)27(39)42-28(2,3)4)17-10-22(26-20(29)13-33-37(26)14-17)41-15-23(40-5)25-21(31)11-18(30)12-32-25/h10-14,19,23H,6-9,15H2,1-5H3. The van der Waals surface area contributed by atoms with Gasteiger partial charge < -0.3 is 19.1 Å². The van der Waals surface area contributed by atoms with E-state index in [-0.39, 0.29) is 24.4 Å². The third kappa shape index (κ3) is 6.16. The van der Waals surface area contributed by atoms with Crippen LogP contribution >= 0.6 is 11.6 Å². The molecule has 1 atom stereocenters. The molecule has 42 heavy (non-hydrogen) atoms. The van der Waals surface area contributed by atoms with Crippen molar-refractivity contribution in [2.24, 2.45) is 0 Å². The Labute approximate surface area is 246 Å². The van der Waals surface area contributed by atoms with Crippen molar-refractivity contribution in [2.75, 3.05) is 26.8 Å². The van der Waals surface area contributed by atoms with Gasteiger partial charge in [-0.1, -0.05) is 16.8 Å². The quantitative estimate of drug-likeness (QED) is 0.270. The Morgan fingerprint density at radius 1 is 1.19 bits per heavy atom. The van der Waals surface area contributed by atoms with Crippen molar-refractivity contribution in [3.63, 3.8) is 0 Å². The third-order valence-corrected chi connectivity index (χ3v) is 7.29. The Kier molecular flexibility index (Phi) is 8.33. The highest BCUT2D eigenvalue weighted by Crippen LogP contribution is 2.35. The summed E-state index contributed by atoms with van der Waals surface area (Å²) in [5.74, 6) is -1.26. The van der Waals surface area contributed by atoms with Gasteiger partial charge in [0.15, 0.2) is 0 Å². The summed E-state index contributed by atoms with van der Waals surface area (Å²) in [4.78, 5) is 18.0. The predicted octanol–water partition coefficient (Wildman–Crippen LogP) is 5.57. The number of carbonyl (C=O) groups excluding carboxylic acids is 1. The fraction of sp³-hybridized carbons (Fsp3) is 0.464. The van der Waals surface area contributed by atoms with Crippen LogP contribution in [0, 0.1) is 18.6 Å². The van der Waals surface area contributed by atoms with Crippen molar-refractivity contribution >= 4 is 23.2 Å². The van der Waals surface area contributed by atoms with Crippen LogP contribution in [-0.4, -0.2) is 73.0 Å². The lowest BCUT2D eigenvalue weighted by molar-refractivity contribution is 0.0183. The minimum atomic E-state index is -0.912. The van der Waals surface area contributed by atoms with Crippen molar-refractivity contribution in [3.05, 3.63) is 58.8 Å². The van der Waals surface area contributed by atoms with Crippen LogP contribution in [0.3, 0.4) is 0 Å². The van der Waals surface area contributed by atoms with E-state index in [1.807, 2.05) is 32.4 Å². The molecule has 0 aromatic carbocycles. The number of aromatic nitrogens is 6. The van der Waals surface area contributed by atoms with Crippen LogP contribution in [0.15, 0.2) is 30.7 Å². The zero-order valence-corrected chi connectivity index (χ0v) is 24.7. The van der Waals surface area contributed by atoms with Gasteiger partial charge in [-0.2, -0.15) is 5.10 Å². The fourth-order valence-electron chi connectivity index (χ4n) is 4.95. The highest BCUT2D eigenvalue weighted by atomic mass is 35.5. The number of likely N-dealkylation sites (tertiary alicyclic amines) is 1. The molecule has 1 fully saturated rings. The molecule has 4 aromatic rings. The number of nitrogens with zero attached hydrogens (tertiary/aromatic N) is 7. The molecule has 1 aliphatic rings. The molecule has 14 heteroatoms. The van der Waals surface area contributed by atoms with E-state index >= 15 is 0 Å². The molecule has 11 nitrogen and oxygen atoms in total. The second kappa shape index (κ2) is 11.8. The monoisotopic (exact) mass is 603 g/mol. The van der Waals surface area contributed by atoms with E-state index in [1.165, 1.54) is 13.3 Å². The van der Waals surface area contributed by atoms with Crippen molar-refractivity contribution in [1.82, 2.24) is 34.5 Å². The van der Waals surface area contributed by atoms with E-state index in [9.17, 15) is 13.6 Å². The normalized spacial score (nSPS) is 15.3. The Hall–Kier alpha value is -3.84. The minimum Gasteiger partial charge on any atom is -0.488 e. The summed E-state index contributed by atoms with van der Waals surface area (Å²) in [6, 6.07) is 2.56. The van der Waals surface area contributed by atoms with Gasteiger partial charge in [0.1, 0.15) is 52.6 Å². The second-order valence-corrected chi connectivity index (χ2v) is 11.5. The van der Waals surface area contributed by atoms with Crippen molar-refractivity contribution in [2.45, 2.75) is 58.3 Å². The van der Waals surface area contributed by atoms with Gasteiger partial charge in [-0.15, -0.1) is 5.10 Å². The number of pyridine rings is 2. The molecular weight excluding hydrogens is 572 g/mol. The summed E-state index contributed by atoms with van der Waals surface area (Å²) < 4.78 is 48.2. The van der Waals surface area contributed by atoms with E-state index in [1.54, 1.807) is 21.7 Å². The molecule has 1 aliphatic heterocycles. The first-order valence-corrected chi connectivity index (χ1v) is 13.9. The van der Waals surface area contributed by atoms with E-state index in [0.717, 1.165) is 18.0 Å². The van der Waals surface area contributed by atoms with Crippen LogP contribution in [0.5, 0.6) is 5.75 Å². The number of amides is 1. The van der Waals surface area contributed by atoms with Crippen molar-refractivity contribution in [3.8, 4) is 17.0 Å². The Morgan fingerprint density at radius 3 is 2.60 bits per heavy atom. The molecular formula is C28H32ClF2N7O4. The van der Waals surface area contributed by atoms with Crippen LogP contribution in [0.1, 0.15) is 57.1 Å². The number of piperidine rings is 1. The van der Waals surface area contributed by atoms with Crippen molar-refractivity contribution in [1.29, 1.82) is 0 Å². The third-order valence-electron chi connectivity index (χ3n) is 7.01. The number of hydrogen-bond donors (Lipinski definition) is 0. The lowest BCUT2D eigenvalue weighted by Gasteiger charge is -2.33. The summed E-state index contributed by atoms with van der Waals surface area (Å²) in [6.45, 7) is 8.45. The molecule has 0 radical (unpaired) electrons. The van der Waals surface area contributed by atoms with E-state index in [0.29, 0.717) is 53.5 Å². The first-order valence-electron chi connectivity index (χ1n) is 13.5. The molecule has 0 N–H and O–H groups in total. The maximum absolute atomic E-state index is 14.4. The molecule has 5 rings (SSSR count). The Morgan fingerprint density at radius 2 is 1.93 bits per heavy atom. The highest BCUT2D eigenvalue weighted by Gasteiger charge is 2.29. The van der Waals surface area contributed by atoms with E-state index in [2.05, 4.69) is 20.4 Å². The lowest BCUT2D eigenvalue weighted by Crippen LogP contribution is -2.42. The molecule has 0 spiro atoms. The number of fused-ring (bicyclic) bond motifs is 1. The smallest absolute Gasteiger partial charge is 0.410 e. The predicted molar refractivity (Wildman–Crippen MR) is 149 cm³/mol. The summed E-state index contributed by atoms with van der Waals surface area (Å²) in [7, 11) is 1.38. The number of hydrogen-bond acceptors (Lipinski definition) is 8. The summed E-state index contributed by atoms with van der Waals surface area (Å²) in [5.41, 5.74) is 2.00. The van der Waals surface area contributed by atoms with Gasteiger partial charge in [0.05, 0.1) is 29.2 Å². The van der Waals surface area contributed by atoms with Gasteiger partial charge in [-0.3, -0.25) is 4.98 Å². The molecule has 4 aromatic heterocycles. The number of rotatable bonds is 7. The number of ether oxygens (including phenoxy) is 3. The average molecular weight is 604 g/mol. The van der Waals surface area contributed by atoms with Crippen molar-refractivity contribution < 1.29 is 27.8 Å². The van der Waals surface area contributed by atoms with Crippen LogP contribution in [0.25, 0.3) is 16.8 Å². The highest BCUT2D eigenvalue weighted by molar-refractivity contribution is 6.34. The average Bonchev–Trinajstić information content (AvgIpc) is 3.51. The van der Waals surface area contributed by atoms with Gasteiger partial charge in [-0.05, 0) is 46.6 Å². The SMILES string of the molecule is COC(COc1cc(-c2nnn(C3CCN(C(=O)OC(C)(C)C)CC3)c2C)cn2ncc(Cl)c12)c1ncc(F)cc1F. The lowest BCUT2D eigenvalue weighted by atomic mass is 10.0. The second-order valence-electron chi connectivity index (χ2n) is 11.1. The summed E-state index contributed by atoms with van der Waals surface area (Å²) >= 11 is 6.41. The molecule has 5 heterocycles. The van der Waals surface area contributed by atoms with Crippen LogP contribution in [-0.2, 0) is 9.47 Å². The topological polar surface area (TPSA) is 109 Å². The van der Waals surface area contributed by atoms with Gasteiger partial charge in [0.25, 0.3) is 0 Å². The first-order chi connectivity index (χ1) is 19.9. The molecule has 224 valence electrons. The number of halogens is 3.